The summed E-state index contributed by atoms with van der Waals surface area (Å²) < 4.78 is 23.3. The van der Waals surface area contributed by atoms with Crippen molar-refractivity contribution in [2.24, 2.45) is 5.92 Å². The number of methoxy groups -OCH3 is 1. The van der Waals surface area contributed by atoms with E-state index in [0.29, 0.717) is 75.2 Å². The molecule has 1 amide bonds. The minimum Gasteiger partial charge on any atom is -0.496 e. The molecular weight excluding hydrogens is 588 g/mol. The lowest BCUT2D eigenvalue weighted by molar-refractivity contribution is -0.140. The number of ether oxygens (including phenoxy) is 3. The largest absolute Gasteiger partial charge is 0.496 e. The monoisotopic (exact) mass is 630 g/mol. The van der Waals surface area contributed by atoms with Crippen LogP contribution in [0.25, 0.3) is 16.7 Å². The molecule has 3 unspecified atom stereocenters. The fraction of sp³-hybridized carbons (Fsp3) is 0.457. The third-order valence-electron chi connectivity index (χ3n) is 9.27. The lowest BCUT2D eigenvalue weighted by Crippen LogP contribution is -2.51. The summed E-state index contributed by atoms with van der Waals surface area (Å²) in [5.41, 5.74) is 3.13. The van der Waals surface area contributed by atoms with Crippen molar-refractivity contribution >= 4 is 28.5 Å². The van der Waals surface area contributed by atoms with Gasteiger partial charge in [0.05, 0.1) is 40.0 Å². The number of hydrogen-bond donors (Lipinski definition) is 2. The number of carbonyl (C=O) groups excluding carboxylic acids is 1. The van der Waals surface area contributed by atoms with Gasteiger partial charge in [0.1, 0.15) is 16.8 Å². The molecule has 3 heterocycles. The highest BCUT2D eigenvalue weighted by Crippen LogP contribution is 2.43. The van der Waals surface area contributed by atoms with Crippen molar-refractivity contribution in [2.75, 3.05) is 59.7 Å². The molecule has 0 saturated carbocycles. The van der Waals surface area contributed by atoms with Crippen LogP contribution in [0.15, 0.2) is 65.1 Å². The maximum Gasteiger partial charge on any atom is 0.305 e. The number of oxazole rings is 1. The Morgan fingerprint density at radius 1 is 1.11 bits per heavy atom. The number of fused-ring (bicyclic) bond motifs is 1. The van der Waals surface area contributed by atoms with E-state index in [1.807, 2.05) is 42.5 Å². The third-order valence-corrected chi connectivity index (χ3v) is 9.27. The summed E-state index contributed by atoms with van der Waals surface area (Å²) in [6.07, 6.45) is 6.35. The van der Waals surface area contributed by atoms with Crippen LogP contribution in [0.5, 0.6) is 5.75 Å². The second-order valence-corrected chi connectivity index (χ2v) is 12.1. The van der Waals surface area contributed by atoms with Gasteiger partial charge in [0.15, 0.2) is 5.58 Å². The number of benzene rings is 2. The van der Waals surface area contributed by atoms with Gasteiger partial charge in [-0.15, -0.1) is 0 Å². The zero-order valence-electron chi connectivity index (χ0n) is 26.4. The molecule has 11 heteroatoms. The number of carboxylic acids is 1. The van der Waals surface area contributed by atoms with Crippen molar-refractivity contribution in [1.82, 2.24) is 20.1 Å². The van der Waals surface area contributed by atoms with Gasteiger partial charge in [0.2, 0.25) is 11.8 Å². The Kier molecular flexibility index (Phi) is 9.83. The van der Waals surface area contributed by atoms with Gasteiger partial charge in [-0.25, -0.2) is 4.98 Å². The highest BCUT2D eigenvalue weighted by atomic mass is 16.5. The molecule has 2 aromatic carbocycles. The van der Waals surface area contributed by atoms with Gasteiger partial charge in [0.25, 0.3) is 0 Å². The Hall–Kier alpha value is -4.03. The van der Waals surface area contributed by atoms with Gasteiger partial charge < -0.3 is 29.1 Å². The van der Waals surface area contributed by atoms with Crippen LogP contribution in [0.4, 0.5) is 0 Å². The molecule has 3 atom stereocenters. The average molecular weight is 631 g/mol. The maximum absolute atomic E-state index is 13.7. The van der Waals surface area contributed by atoms with Crippen LogP contribution in [0.2, 0.25) is 0 Å². The maximum atomic E-state index is 13.7. The minimum absolute atomic E-state index is 0.00604. The zero-order valence-corrected chi connectivity index (χ0v) is 26.4. The van der Waals surface area contributed by atoms with E-state index in [1.165, 1.54) is 0 Å². The smallest absolute Gasteiger partial charge is 0.305 e. The van der Waals surface area contributed by atoms with Gasteiger partial charge in [-0.3, -0.25) is 19.4 Å². The van der Waals surface area contributed by atoms with Crippen molar-refractivity contribution in [3.63, 3.8) is 0 Å². The highest BCUT2D eigenvalue weighted by Gasteiger charge is 2.45. The third kappa shape index (κ3) is 6.87. The molecule has 46 heavy (non-hydrogen) atoms. The molecule has 0 bridgehead atoms. The Balaban J connectivity index is 1.33. The SMILES string of the molecule is COc1cc2oc(C3(NC(=O)CCN4CCOCC4)C=CC=C(c4ccccc4)C3C)nc2cc1CN1CCOCC1CC(=O)O. The first kappa shape index (κ1) is 31.9. The summed E-state index contributed by atoms with van der Waals surface area (Å²) in [5.74, 6) is -0.139. The van der Waals surface area contributed by atoms with Gasteiger partial charge in [-0.2, -0.15) is 0 Å². The molecule has 0 spiro atoms. The molecule has 2 fully saturated rings. The molecule has 244 valence electrons. The Labute approximate surface area is 268 Å². The fourth-order valence-corrected chi connectivity index (χ4v) is 6.65. The zero-order chi connectivity index (χ0) is 32.1. The number of aromatic nitrogens is 1. The number of carboxylic acid groups (broad SMARTS) is 1. The summed E-state index contributed by atoms with van der Waals surface area (Å²) in [6.45, 7) is 7.69. The Morgan fingerprint density at radius 3 is 2.65 bits per heavy atom. The molecule has 2 aliphatic heterocycles. The van der Waals surface area contributed by atoms with Crippen molar-refractivity contribution in [1.29, 1.82) is 0 Å². The summed E-state index contributed by atoms with van der Waals surface area (Å²) in [5, 5.41) is 12.8. The summed E-state index contributed by atoms with van der Waals surface area (Å²) >= 11 is 0. The molecule has 3 aromatic rings. The second-order valence-electron chi connectivity index (χ2n) is 12.1. The van der Waals surface area contributed by atoms with Crippen LogP contribution in [0.3, 0.4) is 0 Å². The number of hydrogen-bond acceptors (Lipinski definition) is 9. The van der Waals surface area contributed by atoms with Gasteiger partial charge in [-0.1, -0.05) is 49.4 Å². The second kappa shape index (κ2) is 14.2. The van der Waals surface area contributed by atoms with E-state index in [4.69, 9.17) is 23.6 Å². The van der Waals surface area contributed by atoms with E-state index in [2.05, 4.69) is 40.2 Å². The van der Waals surface area contributed by atoms with Crippen molar-refractivity contribution in [3.8, 4) is 5.75 Å². The quantitative estimate of drug-likeness (QED) is 0.323. The molecule has 11 nitrogen and oxygen atoms in total. The first-order valence-corrected chi connectivity index (χ1v) is 15.9. The van der Waals surface area contributed by atoms with Crippen LogP contribution in [0, 0.1) is 5.92 Å². The molecule has 6 rings (SSSR count). The molecule has 0 radical (unpaired) electrons. The number of morpholine rings is 2. The summed E-state index contributed by atoms with van der Waals surface area (Å²) in [4.78, 5) is 34.5. The van der Waals surface area contributed by atoms with Crippen LogP contribution in [-0.2, 0) is 31.1 Å². The number of amides is 1. The lowest BCUT2D eigenvalue weighted by Gasteiger charge is -2.38. The van der Waals surface area contributed by atoms with E-state index < -0.39 is 11.5 Å². The Bertz CT molecular complexity index is 1600. The van der Waals surface area contributed by atoms with E-state index in [-0.39, 0.29) is 24.3 Å². The van der Waals surface area contributed by atoms with E-state index in [0.717, 1.165) is 29.8 Å². The number of carbonyl (C=O) groups is 2. The van der Waals surface area contributed by atoms with Crippen molar-refractivity contribution in [3.05, 3.63) is 77.7 Å². The lowest BCUT2D eigenvalue weighted by atomic mass is 9.74. The molecule has 2 saturated heterocycles. The van der Waals surface area contributed by atoms with Gasteiger partial charge in [0, 0.05) is 62.7 Å². The Morgan fingerprint density at radius 2 is 1.89 bits per heavy atom. The van der Waals surface area contributed by atoms with Gasteiger partial charge >= 0.3 is 5.97 Å². The van der Waals surface area contributed by atoms with Crippen LogP contribution >= 0.6 is 0 Å². The number of allylic oxidation sites excluding steroid dienone is 2. The summed E-state index contributed by atoms with van der Waals surface area (Å²) in [7, 11) is 1.61. The predicted octanol–water partition coefficient (Wildman–Crippen LogP) is 3.84. The van der Waals surface area contributed by atoms with Crippen molar-refractivity contribution in [2.45, 2.75) is 37.9 Å². The van der Waals surface area contributed by atoms with Crippen LogP contribution < -0.4 is 10.1 Å². The molecule has 2 N–H and O–H groups in total. The molecule has 1 aliphatic carbocycles. The first-order chi connectivity index (χ1) is 22.4. The standard InChI is InChI=1S/C35H42N4O7/c1-24-28(25-7-4-3-5-8-25)9-6-11-35(24,37-32(40)10-12-38-13-16-44-17-14-38)34-36-29-19-26(30(43-2)21-31(29)46-34)22-39-15-18-45-23-27(39)20-33(41)42/h3-9,11,19,21,24,27H,10,12-18,20,22-23H2,1-2H3,(H,37,40)(H,41,42). The molecule has 3 aliphatic rings. The first-order valence-electron chi connectivity index (χ1n) is 15.9. The van der Waals surface area contributed by atoms with Gasteiger partial charge in [-0.05, 0) is 23.3 Å². The normalized spacial score (nSPS) is 24.1. The average Bonchev–Trinajstić information content (AvgIpc) is 3.49. The minimum atomic E-state index is -1.04. The van der Waals surface area contributed by atoms with E-state index in [9.17, 15) is 14.7 Å². The van der Waals surface area contributed by atoms with Crippen LogP contribution in [0.1, 0.15) is 36.8 Å². The molecular formula is C35H42N4O7. The fourth-order valence-electron chi connectivity index (χ4n) is 6.65. The topological polar surface area (TPSA) is 127 Å². The van der Waals surface area contributed by atoms with Crippen molar-refractivity contribution < 1.29 is 33.3 Å². The predicted molar refractivity (Wildman–Crippen MR) is 172 cm³/mol. The van der Waals surface area contributed by atoms with E-state index >= 15 is 0 Å². The number of nitrogens with one attached hydrogen (secondary N) is 1. The highest BCUT2D eigenvalue weighted by molar-refractivity contribution is 5.81. The number of aliphatic carboxylic acids is 1. The van der Waals surface area contributed by atoms with Crippen LogP contribution in [-0.4, -0.2) is 97.5 Å². The molecule has 1 aromatic heterocycles. The summed E-state index contributed by atoms with van der Waals surface area (Å²) in [6, 6.07) is 13.7. The number of rotatable bonds is 11. The number of nitrogens with zero attached hydrogens (tertiary/aromatic N) is 3. The van der Waals surface area contributed by atoms with E-state index in [1.54, 1.807) is 7.11 Å².